The second-order valence-corrected chi connectivity index (χ2v) is 7.22. The number of benzene rings is 1. The highest BCUT2D eigenvalue weighted by Crippen LogP contribution is 2.32. The molecule has 0 aliphatic heterocycles. The summed E-state index contributed by atoms with van der Waals surface area (Å²) in [6.45, 7) is 0. The molecule has 0 aliphatic carbocycles. The molecule has 8 heteroatoms. The topological polar surface area (TPSA) is 56.0 Å². The van der Waals surface area contributed by atoms with Gasteiger partial charge in [0.2, 0.25) is 4.96 Å². The van der Waals surface area contributed by atoms with E-state index in [0.29, 0.717) is 5.82 Å². The Balaban J connectivity index is 1.88. The van der Waals surface area contributed by atoms with E-state index in [0.717, 1.165) is 30.0 Å². The lowest BCUT2D eigenvalue weighted by molar-refractivity contribution is 0.968. The van der Waals surface area contributed by atoms with E-state index in [-0.39, 0.29) is 0 Å². The van der Waals surface area contributed by atoms with Crippen LogP contribution in [-0.2, 0) is 0 Å². The van der Waals surface area contributed by atoms with Crippen LogP contribution in [0, 0.1) is 0 Å². The van der Waals surface area contributed by atoms with E-state index in [2.05, 4.69) is 52.1 Å². The standard InChI is InChI=1S/C14H7Br2N5S/c15-9-5-8(6-17-7-9)12-18-19-14-21(12)20-13(22-14)10-3-1-2-4-11(10)16/h1-7H. The van der Waals surface area contributed by atoms with Crippen molar-refractivity contribution in [1.29, 1.82) is 0 Å². The van der Waals surface area contributed by atoms with Crippen LogP contribution in [0.25, 0.3) is 26.9 Å². The molecule has 0 saturated carbocycles. The van der Waals surface area contributed by atoms with Crippen molar-refractivity contribution in [2.45, 2.75) is 0 Å². The van der Waals surface area contributed by atoms with E-state index >= 15 is 0 Å². The van der Waals surface area contributed by atoms with Crippen molar-refractivity contribution in [3.05, 3.63) is 51.7 Å². The van der Waals surface area contributed by atoms with E-state index in [1.165, 1.54) is 11.3 Å². The zero-order valence-corrected chi connectivity index (χ0v) is 14.9. The molecule has 0 aliphatic rings. The van der Waals surface area contributed by atoms with Crippen molar-refractivity contribution in [3.8, 4) is 22.0 Å². The van der Waals surface area contributed by atoms with Crippen molar-refractivity contribution in [2.24, 2.45) is 0 Å². The first-order valence-corrected chi connectivity index (χ1v) is 8.71. The van der Waals surface area contributed by atoms with Crippen LogP contribution in [0.2, 0.25) is 0 Å². The molecule has 22 heavy (non-hydrogen) atoms. The average molecular weight is 437 g/mol. The molecular formula is C14H7Br2N5S. The van der Waals surface area contributed by atoms with Crippen LogP contribution in [0.4, 0.5) is 0 Å². The third-order valence-corrected chi connectivity index (χ3v) is 5.12. The Kier molecular flexibility index (Phi) is 3.51. The second-order valence-electron chi connectivity index (χ2n) is 4.50. The van der Waals surface area contributed by atoms with Gasteiger partial charge in [0.1, 0.15) is 5.01 Å². The molecule has 0 amide bonds. The number of rotatable bonds is 2. The van der Waals surface area contributed by atoms with Crippen LogP contribution in [-0.4, -0.2) is 24.8 Å². The Morgan fingerprint density at radius 3 is 2.73 bits per heavy atom. The predicted molar refractivity (Wildman–Crippen MR) is 92.7 cm³/mol. The molecule has 108 valence electrons. The minimum atomic E-state index is 0.679. The molecule has 0 spiro atoms. The molecule has 3 aromatic heterocycles. The van der Waals surface area contributed by atoms with Gasteiger partial charge in [0.15, 0.2) is 5.82 Å². The zero-order valence-electron chi connectivity index (χ0n) is 10.9. The fourth-order valence-electron chi connectivity index (χ4n) is 2.07. The van der Waals surface area contributed by atoms with E-state index in [4.69, 9.17) is 0 Å². The molecular weight excluding hydrogens is 430 g/mol. The summed E-state index contributed by atoms with van der Waals surface area (Å²) in [6.07, 6.45) is 3.48. The van der Waals surface area contributed by atoms with Gasteiger partial charge in [0.25, 0.3) is 0 Å². The SMILES string of the molecule is Brc1cncc(-c2nnc3sc(-c4ccccc4Br)nn23)c1. The Morgan fingerprint density at radius 1 is 1.05 bits per heavy atom. The number of pyridine rings is 1. The Hall–Kier alpha value is -1.64. The highest BCUT2D eigenvalue weighted by Gasteiger charge is 2.15. The number of halogens is 2. The fraction of sp³-hybridized carbons (Fsp3) is 0. The van der Waals surface area contributed by atoms with E-state index < -0.39 is 0 Å². The maximum atomic E-state index is 4.65. The Labute approximate surface area is 146 Å². The van der Waals surface area contributed by atoms with Gasteiger partial charge in [-0.15, -0.1) is 10.2 Å². The number of aromatic nitrogens is 5. The normalized spacial score (nSPS) is 11.2. The van der Waals surface area contributed by atoms with Gasteiger partial charge in [0, 0.05) is 32.5 Å². The molecule has 0 saturated heterocycles. The van der Waals surface area contributed by atoms with E-state index in [1.54, 1.807) is 16.9 Å². The summed E-state index contributed by atoms with van der Waals surface area (Å²) in [5.41, 5.74) is 1.90. The summed E-state index contributed by atoms with van der Waals surface area (Å²) in [4.78, 5) is 4.92. The quantitative estimate of drug-likeness (QED) is 0.466. The average Bonchev–Trinajstić information content (AvgIpc) is 3.07. The Bertz CT molecular complexity index is 978. The highest BCUT2D eigenvalue weighted by molar-refractivity contribution is 9.10. The van der Waals surface area contributed by atoms with E-state index in [9.17, 15) is 0 Å². The van der Waals surface area contributed by atoms with Crippen molar-refractivity contribution >= 4 is 48.2 Å². The number of fused-ring (bicyclic) bond motifs is 1. The summed E-state index contributed by atoms with van der Waals surface area (Å²) in [5.74, 6) is 0.679. The molecule has 4 rings (SSSR count). The summed E-state index contributed by atoms with van der Waals surface area (Å²) < 4.78 is 3.65. The molecule has 3 heterocycles. The monoisotopic (exact) mass is 435 g/mol. The van der Waals surface area contributed by atoms with Gasteiger partial charge in [-0.25, -0.2) is 0 Å². The summed E-state index contributed by atoms with van der Waals surface area (Å²) in [7, 11) is 0. The zero-order chi connectivity index (χ0) is 15.1. The smallest absolute Gasteiger partial charge is 0.235 e. The van der Waals surface area contributed by atoms with Crippen molar-refractivity contribution in [1.82, 2.24) is 24.8 Å². The summed E-state index contributed by atoms with van der Waals surface area (Å²) >= 11 is 8.48. The maximum Gasteiger partial charge on any atom is 0.235 e. The lowest BCUT2D eigenvalue weighted by Crippen LogP contribution is -1.92. The number of nitrogens with zero attached hydrogens (tertiary/aromatic N) is 5. The van der Waals surface area contributed by atoms with Gasteiger partial charge in [0.05, 0.1) is 0 Å². The van der Waals surface area contributed by atoms with Gasteiger partial charge < -0.3 is 0 Å². The first kappa shape index (κ1) is 14.0. The molecule has 4 aromatic rings. The number of hydrogen-bond acceptors (Lipinski definition) is 5. The Morgan fingerprint density at radius 2 is 1.91 bits per heavy atom. The molecule has 0 unspecified atom stereocenters. The molecule has 0 fully saturated rings. The lowest BCUT2D eigenvalue weighted by atomic mass is 10.2. The largest absolute Gasteiger partial charge is 0.263 e. The van der Waals surface area contributed by atoms with E-state index in [1.807, 2.05) is 30.3 Å². The third kappa shape index (κ3) is 2.37. The molecule has 0 N–H and O–H groups in total. The van der Waals surface area contributed by atoms with Gasteiger partial charge >= 0.3 is 0 Å². The van der Waals surface area contributed by atoms with Gasteiger partial charge in [-0.05, 0) is 28.1 Å². The fourth-order valence-corrected chi connectivity index (χ4v) is 3.92. The number of hydrogen-bond donors (Lipinski definition) is 0. The van der Waals surface area contributed by atoms with Crippen LogP contribution in [0.1, 0.15) is 0 Å². The molecule has 0 atom stereocenters. The van der Waals surface area contributed by atoms with Crippen LogP contribution < -0.4 is 0 Å². The van der Waals surface area contributed by atoms with Crippen LogP contribution in [0.5, 0.6) is 0 Å². The molecule has 0 bridgehead atoms. The lowest BCUT2D eigenvalue weighted by Gasteiger charge is -1.99. The first-order valence-electron chi connectivity index (χ1n) is 6.30. The minimum Gasteiger partial charge on any atom is -0.263 e. The van der Waals surface area contributed by atoms with Gasteiger partial charge in [-0.2, -0.15) is 9.61 Å². The predicted octanol–water partition coefficient (Wildman–Crippen LogP) is 4.44. The highest BCUT2D eigenvalue weighted by atomic mass is 79.9. The second kappa shape index (κ2) is 5.53. The summed E-state index contributed by atoms with van der Waals surface area (Å²) in [6, 6.07) is 9.93. The van der Waals surface area contributed by atoms with Gasteiger partial charge in [-0.1, -0.05) is 45.5 Å². The van der Waals surface area contributed by atoms with Crippen molar-refractivity contribution < 1.29 is 0 Å². The first-order chi connectivity index (χ1) is 10.7. The van der Waals surface area contributed by atoms with Crippen LogP contribution >= 0.6 is 43.2 Å². The third-order valence-electron chi connectivity index (χ3n) is 3.06. The molecule has 5 nitrogen and oxygen atoms in total. The van der Waals surface area contributed by atoms with Crippen molar-refractivity contribution in [2.75, 3.05) is 0 Å². The minimum absolute atomic E-state index is 0.679. The molecule has 1 aromatic carbocycles. The van der Waals surface area contributed by atoms with Crippen LogP contribution in [0.15, 0.2) is 51.7 Å². The van der Waals surface area contributed by atoms with Crippen molar-refractivity contribution in [3.63, 3.8) is 0 Å². The van der Waals surface area contributed by atoms with Crippen LogP contribution in [0.3, 0.4) is 0 Å². The summed E-state index contributed by atoms with van der Waals surface area (Å²) in [5, 5.41) is 14.0. The maximum absolute atomic E-state index is 4.65. The van der Waals surface area contributed by atoms with Gasteiger partial charge in [-0.3, -0.25) is 4.98 Å². The molecule has 0 radical (unpaired) electrons.